The van der Waals surface area contributed by atoms with E-state index in [0.29, 0.717) is 5.56 Å². The van der Waals surface area contributed by atoms with Crippen LogP contribution in [0.15, 0.2) is 60.9 Å². The topological polar surface area (TPSA) is 113 Å². The van der Waals surface area contributed by atoms with Crippen LogP contribution in [0.2, 0.25) is 0 Å². The SMILES string of the molecule is COc1ccccc1-c1ccc(CN2C(=O)c3c(c(O)c4nccnc4c3O)C2=O)cc1. The molecule has 5 rings (SSSR count). The van der Waals surface area contributed by atoms with Crippen LogP contribution in [0, 0.1) is 0 Å². The number of aromatic hydroxyl groups is 2. The number of carbonyl (C=O) groups excluding carboxylic acids is 2. The van der Waals surface area contributed by atoms with Crippen LogP contribution in [-0.2, 0) is 6.54 Å². The van der Waals surface area contributed by atoms with Crippen molar-refractivity contribution in [2.24, 2.45) is 0 Å². The summed E-state index contributed by atoms with van der Waals surface area (Å²) in [6, 6.07) is 15.0. The van der Waals surface area contributed by atoms with Crippen molar-refractivity contribution in [3.05, 3.63) is 77.6 Å². The van der Waals surface area contributed by atoms with Crippen LogP contribution in [0.4, 0.5) is 0 Å². The number of amides is 2. The second-order valence-corrected chi connectivity index (χ2v) is 7.29. The molecule has 0 fully saturated rings. The molecule has 2 N–H and O–H groups in total. The number of ether oxygens (including phenoxy) is 1. The molecule has 4 aromatic rings. The fourth-order valence-corrected chi connectivity index (χ4v) is 3.94. The molecule has 8 heteroatoms. The summed E-state index contributed by atoms with van der Waals surface area (Å²) >= 11 is 0. The maximum Gasteiger partial charge on any atom is 0.265 e. The van der Waals surface area contributed by atoms with Gasteiger partial charge in [0.15, 0.2) is 11.5 Å². The number of rotatable bonds is 4. The standard InChI is InChI=1S/C24H17N3O5/c1-32-16-5-3-2-4-15(16)14-8-6-13(7-9-14)12-27-23(30)17-18(24(27)31)22(29)20-19(21(17)28)25-10-11-26-20/h2-11,28-29H,12H2,1H3. The zero-order valence-electron chi connectivity index (χ0n) is 16.9. The Hall–Kier alpha value is -4.46. The van der Waals surface area contributed by atoms with Gasteiger partial charge in [0.25, 0.3) is 11.8 Å². The number of carbonyl (C=O) groups is 2. The zero-order valence-corrected chi connectivity index (χ0v) is 16.9. The number of phenols is 2. The minimum absolute atomic E-state index is 0.0192. The van der Waals surface area contributed by atoms with E-state index in [1.807, 2.05) is 48.5 Å². The van der Waals surface area contributed by atoms with E-state index in [0.717, 1.165) is 21.8 Å². The van der Waals surface area contributed by atoms with Gasteiger partial charge >= 0.3 is 0 Å². The molecule has 32 heavy (non-hydrogen) atoms. The summed E-state index contributed by atoms with van der Waals surface area (Å²) in [7, 11) is 1.61. The lowest BCUT2D eigenvalue weighted by molar-refractivity contribution is 0.0641. The van der Waals surface area contributed by atoms with Gasteiger partial charge in [-0.3, -0.25) is 14.5 Å². The fourth-order valence-electron chi connectivity index (χ4n) is 3.94. The Kier molecular flexibility index (Phi) is 4.48. The van der Waals surface area contributed by atoms with E-state index in [4.69, 9.17) is 4.74 Å². The number of imide groups is 1. The van der Waals surface area contributed by atoms with Crippen molar-refractivity contribution in [2.75, 3.05) is 7.11 Å². The Morgan fingerprint density at radius 2 is 1.41 bits per heavy atom. The third-order valence-electron chi connectivity index (χ3n) is 5.50. The van der Waals surface area contributed by atoms with Crippen molar-refractivity contribution in [2.45, 2.75) is 6.54 Å². The van der Waals surface area contributed by atoms with Gasteiger partial charge in [0.05, 0.1) is 13.7 Å². The van der Waals surface area contributed by atoms with Gasteiger partial charge in [0, 0.05) is 18.0 Å². The van der Waals surface area contributed by atoms with Crippen LogP contribution in [0.3, 0.4) is 0 Å². The minimum atomic E-state index is -0.695. The molecule has 3 aromatic carbocycles. The lowest BCUT2D eigenvalue weighted by Crippen LogP contribution is -2.29. The maximum absolute atomic E-state index is 13.0. The van der Waals surface area contributed by atoms with E-state index < -0.39 is 23.3 Å². The third-order valence-corrected chi connectivity index (χ3v) is 5.50. The van der Waals surface area contributed by atoms with Gasteiger partial charge in [-0.2, -0.15) is 0 Å². The average Bonchev–Trinajstić information content (AvgIpc) is 3.08. The monoisotopic (exact) mass is 427 g/mol. The van der Waals surface area contributed by atoms with Crippen LogP contribution in [-0.4, -0.2) is 44.0 Å². The highest BCUT2D eigenvalue weighted by Crippen LogP contribution is 2.42. The summed E-state index contributed by atoms with van der Waals surface area (Å²) in [5.41, 5.74) is 1.96. The highest BCUT2D eigenvalue weighted by atomic mass is 16.5. The Balaban J connectivity index is 1.48. The molecule has 8 nitrogen and oxygen atoms in total. The Labute approximate surface area is 182 Å². The molecular weight excluding hydrogens is 410 g/mol. The summed E-state index contributed by atoms with van der Waals surface area (Å²) in [6.07, 6.45) is 2.66. The average molecular weight is 427 g/mol. The number of hydrogen-bond acceptors (Lipinski definition) is 7. The summed E-state index contributed by atoms with van der Waals surface area (Å²) in [4.78, 5) is 34.9. The molecular formula is C24H17N3O5. The summed E-state index contributed by atoms with van der Waals surface area (Å²) in [5.74, 6) is -1.58. The van der Waals surface area contributed by atoms with E-state index in [1.54, 1.807) is 7.11 Å². The molecule has 0 atom stereocenters. The van der Waals surface area contributed by atoms with Crippen LogP contribution in [0.25, 0.3) is 22.2 Å². The molecule has 0 unspecified atom stereocenters. The second kappa shape index (κ2) is 7.35. The minimum Gasteiger partial charge on any atom is -0.505 e. The van der Waals surface area contributed by atoms with Crippen molar-refractivity contribution in [3.8, 4) is 28.4 Å². The van der Waals surface area contributed by atoms with Crippen molar-refractivity contribution < 1.29 is 24.5 Å². The Morgan fingerprint density at radius 1 is 0.844 bits per heavy atom. The molecule has 2 amide bonds. The molecule has 1 aliphatic heterocycles. The summed E-state index contributed by atoms with van der Waals surface area (Å²) < 4.78 is 5.40. The Bertz CT molecular complexity index is 1340. The highest BCUT2D eigenvalue weighted by Gasteiger charge is 2.42. The second-order valence-electron chi connectivity index (χ2n) is 7.29. The van der Waals surface area contributed by atoms with Crippen molar-refractivity contribution in [3.63, 3.8) is 0 Å². The fraction of sp³-hybridized carbons (Fsp3) is 0.0833. The number of hydrogen-bond donors (Lipinski definition) is 2. The van der Waals surface area contributed by atoms with E-state index in [1.165, 1.54) is 12.4 Å². The van der Waals surface area contributed by atoms with Gasteiger partial charge in [-0.1, -0.05) is 42.5 Å². The molecule has 1 aromatic heterocycles. The highest BCUT2D eigenvalue weighted by molar-refractivity contribution is 6.26. The molecule has 0 aliphatic carbocycles. The van der Waals surface area contributed by atoms with Crippen molar-refractivity contribution >= 4 is 22.8 Å². The van der Waals surface area contributed by atoms with Crippen LogP contribution < -0.4 is 4.74 Å². The largest absolute Gasteiger partial charge is 0.505 e. The van der Waals surface area contributed by atoms with Gasteiger partial charge in [-0.25, -0.2) is 9.97 Å². The molecule has 0 saturated heterocycles. The first-order valence-corrected chi connectivity index (χ1v) is 9.78. The predicted molar refractivity (Wildman–Crippen MR) is 116 cm³/mol. The van der Waals surface area contributed by atoms with Crippen molar-refractivity contribution in [1.82, 2.24) is 14.9 Å². The number of fused-ring (bicyclic) bond motifs is 2. The third kappa shape index (κ3) is 2.84. The molecule has 0 bridgehead atoms. The summed E-state index contributed by atoms with van der Waals surface area (Å²) in [6.45, 7) is -0.0192. The van der Waals surface area contributed by atoms with Gasteiger partial charge < -0.3 is 14.9 Å². The number of phenolic OH excluding ortho intramolecular Hbond substituents is 2. The lowest BCUT2D eigenvalue weighted by atomic mass is 10.0. The normalized spacial score (nSPS) is 13.0. The van der Waals surface area contributed by atoms with Gasteiger partial charge in [-0.05, 0) is 17.2 Å². The first-order chi connectivity index (χ1) is 15.5. The molecule has 0 spiro atoms. The number of nitrogens with zero attached hydrogens (tertiary/aromatic N) is 3. The van der Waals surface area contributed by atoms with Gasteiger partial charge in [-0.15, -0.1) is 0 Å². The number of para-hydroxylation sites is 1. The molecule has 2 heterocycles. The maximum atomic E-state index is 13.0. The van der Waals surface area contributed by atoms with Crippen LogP contribution >= 0.6 is 0 Å². The van der Waals surface area contributed by atoms with Crippen LogP contribution in [0.5, 0.6) is 17.2 Å². The first kappa shape index (κ1) is 19.5. The van der Waals surface area contributed by atoms with E-state index in [9.17, 15) is 19.8 Å². The number of methoxy groups -OCH3 is 1. The lowest BCUT2D eigenvalue weighted by Gasteiger charge is -2.14. The quantitative estimate of drug-likeness (QED) is 0.378. The predicted octanol–water partition coefficient (Wildman–Crippen LogP) is 3.51. The van der Waals surface area contributed by atoms with E-state index in [2.05, 4.69) is 9.97 Å². The molecule has 1 aliphatic rings. The molecule has 0 saturated carbocycles. The van der Waals surface area contributed by atoms with Gasteiger partial charge in [0.2, 0.25) is 0 Å². The van der Waals surface area contributed by atoms with Crippen LogP contribution in [0.1, 0.15) is 26.3 Å². The molecule has 0 radical (unpaired) electrons. The Morgan fingerprint density at radius 3 is 1.97 bits per heavy atom. The van der Waals surface area contributed by atoms with E-state index in [-0.39, 0.29) is 28.7 Å². The zero-order chi connectivity index (χ0) is 22.4. The summed E-state index contributed by atoms with van der Waals surface area (Å²) in [5, 5.41) is 21.1. The number of aromatic nitrogens is 2. The smallest absolute Gasteiger partial charge is 0.265 e. The molecule has 158 valence electrons. The number of benzene rings is 3. The van der Waals surface area contributed by atoms with Crippen molar-refractivity contribution in [1.29, 1.82) is 0 Å². The van der Waals surface area contributed by atoms with E-state index >= 15 is 0 Å². The van der Waals surface area contributed by atoms with Gasteiger partial charge in [0.1, 0.15) is 27.9 Å². The first-order valence-electron chi connectivity index (χ1n) is 9.78.